The Morgan fingerprint density at radius 2 is 1.61 bits per heavy atom. The van der Waals surface area contributed by atoms with Crippen LogP contribution < -0.4 is 5.43 Å². The summed E-state index contributed by atoms with van der Waals surface area (Å²) in [5.41, 5.74) is 3.97. The van der Waals surface area contributed by atoms with Crippen LogP contribution in [0.25, 0.3) is 16.8 Å². The first-order valence-electron chi connectivity index (χ1n) is 12.2. The van der Waals surface area contributed by atoms with Crippen molar-refractivity contribution >= 4 is 23.1 Å². The van der Waals surface area contributed by atoms with Gasteiger partial charge in [-0.1, -0.05) is 58.5 Å². The lowest BCUT2D eigenvalue weighted by Gasteiger charge is -2.41. The van der Waals surface area contributed by atoms with Crippen LogP contribution in [0.3, 0.4) is 0 Å². The number of hydrogen-bond donors (Lipinski definition) is 2. The van der Waals surface area contributed by atoms with Crippen molar-refractivity contribution in [1.82, 2.24) is 9.47 Å². The van der Waals surface area contributed by atoms with Crippen LogP contribution in [0, 0.1) is 5.92 Å². The summed E-state index contributed by atoms with van der Waals surface area (Å²) in [6.07, 6.45) is 2.23. The largest absolute Gasteiger partial charge is 0.508 e. The zero-order valence-electron chi connectivity index (χ0n) is 21.5. The highest BCUT2D eigenvalue weighted by atomic mass is 16.3. The highest BCUT2D eigenvalue weighted by molar-refractivity contribution is 6.13. The van der Waals surface area contributed by atoms with Gasteiger partial charge in [-0.3, -0.25) is 9.59 Å². The molecule has 0 bridgehead atoms. The molecule has 1 unspecified atom stereocenters. The molecule has 1 aliphatic rings. The van der Waals surface area contributed by atoms with Gasteiger partial charge in [0.15, 0.2) is 11.7 Å². The molecule has 1 atom stereocenters. The van der Waals surface area contributed by atoms with E-state index >= 15 is 0 Å². The Hall–Kier alpha value is -4.06. The number of carbonyl (C=O) groups is 1. The van der Waals surface area contributed by atoms with Crippen LogP contribution in [0.2, 0.25) is 0 Å². The molecule has 2 aromatic carbocycles. The van der Waals surface area contributed by atoms with E-state index in [0.717, 1.165) is 16.8 Å². The van der Waals surface area contributed by atoms with E-state index in [0.29, 0.717) is 29.7 Å². The molecule has 4 rings (SSSR count). The average molecular weight is 487 g/mol. The Morgan fingerprint density at radius 3 is 2.17 bits per heavy atom. The third-order valence-electron chi connectivity index (χ3n) is 6.32. The maximum absolute atomic E-state index is 12.8. The average Bonchev–Trinajstić information content (AvgIpc) is 2.86. The van der Waals surface area contributed by atoms with Crippen molar-refractivity contribution in [3.8, 4) is 11.5 Å². The number of phenolic OH excluding ortho intramolecular Hbond substituents is 2. The fourth-order valence-corrected chi connectivity index (χ4v) is 4.58. The molecular weight excluding hydrogens is 452 g/mol. The molecule has 0 fully saturated rings. The quantitative estimate of drug-likeness (QED) is 0.444. The van der Waals surface area contributed by atoms with Crippen LogP contribution >= 0.6 is 0 Å². The summed E-state index contributed by atoms with van der Waals surface area (Å²) in [5.74, 6) is 0.470. The van der Waals surface area contributed by atoms with Crippen molar-refractivity contribution < 1.29 is 15.0 Å². The van der Waals surface area contributed by atoms with Crippen molar-refractivity contribution in [3.05, 3.63) is 100.0 Å². The Morgan fingerprint density at radius 1 is 1.03 bits per heavy atom. The molecule has 3 aromatic rings. The molecule has 0 saturated heterocycles. The number of nitrogens with zero attached hydrogens (tertiary/aromatic N) is 2. The van der Waals surface area contributed by atoms with Gasteiger partial charge in [0.1, 0.15) is 11.5 Å². The van der Waals surface area contributed by atoms with Gasteiger partial charge in [0, 0.05) is 31.4 Å². The highest BCUT2D eigenvalue weighted by Crippen LogP contribution is 2.42. The molecule has 0 spiro atoms. The molecule has 0 amide bonds. The standard InChI is InChI=1S/C28H28N2O4.C2H6/c1-17(2)25-15-29(4)28(24-13-26(34)21(16-31)14-30(24)25)27(20-8-6-10-23(33)12-20)18(3)19-7-5-9-22(32)11-19;1-2/h5-14,16-17,25,32-33H,3,15H2,1-2,4H3;1-2H3/b28-27+;. The molecule has 2 N–H and O–H groups in total. The number of phenols is 2. The van der Waals surface area contributed by atoms with E-state index in [-0.39, 0.29) is 34.5 Å². The zero-order valence-corrected chi connectivity index (χ0v) is 21.5. The predicted octanol–water partition coefficient (Wildman–Crippen LogP) is 5.82. The first-order valence-corrected chi connectivity index (χ1v) is 12.2. The van der Waals surface area contributed by atoms with Gasteiger partial charge in [0.25, 0.3) is 0 Å². The van der Waals surface area contributed by atoms with E-state index < -0.39 is 0 Å². The summed E-state index contributed by atoms with van der Waals surface area (Å²) in [5, 5.41) is 20.3. The van der Waals surface area contributed by atoms with Crippen LogP contribution in [-0.4, -0.2) is 39.6 Å². The topological polar surface area (TPSA) is 82.8 Å². The summed E-state index contributed by atoms with van der Waals surface area (Å²) >= 11 is 0. The van der Waals surface area contributed by atoms with Crippen LogP contribution in [0.15, 0.2) is 72.2 Å². The Kier molecular flexibility index (Phi) is 8.20. The van der Waals surface area contributed by atoms with E-state index in [2.05, 4.69) is 25.3 Å². The second-order valence-electron chi connectivity index (χ2n) is 9.00. The van der Waals surface area contributed by atoms with Crippen molar-refractivity contribution in [3.63, 3.8) is 0 Å². The molecule has 1 aliphatic heterocycles. The first-order chi connectivity index (χ1) is 17.2. The van der Waals surface area contributed by atoms with Gasteiger partial charge in [0.05, 0.1) is 23.0 Å². The lowest BCUT2D eigenvalue weighted by atomic mass is 9.88. The minimum absolute atomic E-state index is 0.0440. The van der Waals surface area contributed by atoms with Crippen molar-refractivity contribution in [2.24, 2.45) is 5.92 Å². The van der Waals surface area contributed by atoms with Gasteiger partial charge in [-0.2, -0.15) is 0 Å². The predicted molar refractivity (Wildman–Crippen MR) is 146 cm³/mol. The molecule has 0 radical (unpaired) electrons. The van der Waals surface area contributed by atoms with Crippen LogP contribution in [0.5, 0.6) is 11.5 Å². The maximum atomic E-state index is 12.8. The summed E-state index contributed by atoms with van der Waals surface area (Å²) < 4.78 is 2.00. The second kappa shape index (κ2) is 11.1. The molecule has 188 valence electrons. The lowest BCUT2D eigenvalue weighted by Crippen LogP contribution is -2.38. The van der Waals surface area contributed by atoms with E-state index in [1.54, 1.807) is 42.6 Å². The first kappa shape index (κ1) is 26.5. The zero-order chi connectivity index (χ0) is 26.6. The molecule has 6 nitrogen and oxygen atoms in total. The SMILES string of the molecule is C=C(/C(=C1/c2cc(=O)c(C=O)cn2C(C(C)C)CN1C)c1cccc(O)c1)c1cccc(O)c1.CC. The number of aromatic hydroxyl groups is 2. The number of hydrogen-bond acceptors (Lipinski definition) is 5. The van der Waals surface area contributed by atoms with E-state index in [1.165, 1.54) is 6.07 Å². The molecule has 0 saturated carbocycles. The van der Waals surface area contributed by atoms with Gasteiger partial charge in [-0.25, -0.2) is 0 Å². The van der Waals surface area contributed by atoms with E-state index in [1.807, 2.05) is 37.6 Å². The number of rotatable bonds is 5. The summed E-state index contributed by atoms with van der Waals surface area (Å²) in [6.45, 7) is 13.2. The van der Waals surface area contributed by atoms with E-state index in [9.17, 15) is 19.8 Å². The Bertz CT molecular complexity index is 1370. The number of benzene rings is 2. The van der Waals surface area contributed by atoms with Crippen LogP contribution in [-0.2, 0) is 0 Å². The van der Waals surface area contributed by atoms with Crippen molar-refractivity contribution in [2.45, 2.75) is 33.7 Å². The molecule has 2 heterocycles. The summed E-state index contributed by atoms with van der Waals surface area (Å²) in [6, 6.07) is 15.2. The Balaban J connectivity index is 0.00000176. The third kappa shape index (κ3) is 5.13. The number of carbonyl (C=O) groups excluding carboxylic acids is 1. The lowest BCUT2D eigenvalue weighted by molar-refractivity contribution is 0.112. The molecule has 1 aromatic heterocycles. The molecular formula is C30H34N2O4. The number of likely N-dealkylation sites (N-methyl/N-ethyl adjacent to an activating group) is 1. The fraction of sp³-hybridized carbons (Fsp3) is 0.267. The second-order valence-corrected chi connectivity index (χ2v) is 9.00. The molecule has 36 heavy (non-hydrogen) atoms. The van der Waals surface area contributed by atoms with Crippen molar-refractivity contribution in [1.29, 1.82) is 0 Å². The van der Waals surface area contributed by atoms with Gasteiger partial charge in [-0.05, 0) is 46.9 Å². The minimum Gasteiger partial charge on any atom is -0.508 e. The number of fused-ring (bicyclic) bond motifs is 1. The molecule has 6 heteroatoms. The molecule has 0 aliphatic carbocycles. The number of aromatic nitrogens is 1. The monoisotopic (exact) mass is 486 g/mol. The highest BCUT2D eigenvalue weighted by Gasteiger charge is 2.32. The third-order valence-corrected chi connectivity index (χ3v) is 6.32. The normalized spacial score (nSPS) is 16.1. The van der Waals surface area contributed by atoms with Gasteiger partial charge >= 0.3 is 0 Å². The number of allylic oxidation sites excluding steroid dienone is 2. The summed E-state index contributed by atoms with van der Waals surface area (Å²) in [4.78, 5) is 26.4. The minimum atomic E-state index is -0.352. The fourth-order valence-electron chi connectivity index (χ4n) is 4.58. The maximum Gasteiger partial charge on any atom is 0.192 e. The van der Waals surface area contributed by atoms with E-state index in [4.69, 9.17) is 0 Å². The smallest absolute Gasteiger partial charge is 0.192 e. The van der Waals surface area contributed by atoms with Crippen molar-refractivity contribution in [2.75, 3.05) is 13.6 Å². The van der Waals surface area contributed by atoms with Crippen LogP contribution in [0.1, 0.15) is 60.9 Å². The summed E-state index contributed by atoms with van der Waals surface area (Å²) in [7, 11) is 1.96. The number of pyridine rings is 1. The van der Waals surface area contributed by atoms with Gasteiger partial charge < -0.3 is 19.7 Å². The number of aldehydes is 1. The Labute approximate surface area is 212 Å². The van der Waals surface area contributed by atoms with Crippen LogP contribution in [0.4, 0.5) is 0 Å². The van der Waals surface area contributed by atoms with Gasteiger partial charge in [0.2, 0.25) is 0 Å². The van der Waals surface area contributed by atoms with Gasteiger partial charge in [-0.15, -0.1) is 0 Å².